The van der Waals surface area contributed by atoms with E-state index < -0.39 is 53.4 Å². The van der Waals surface area contributed by atoms with Gasteiger partial charge in [-0.1, -0.05) is 74.5 Å². The molecule has 14 nitrogen and oxygen atoms in total. The molecular weight excluding hydrogens is 726 g/mol. The standard InChI is InChI=1S/C40H58F2N8O6/c1-28(2)23-32(34(51)45-31(15-9-10-18-43)36(53)49-19-16-39(44,17-20-49)37(54)55)46-35(52)33(24-29-11-5-3-6-12-29)47-38(56)50(25-30-13-7-4-8-14-30)22-21-48-26-40(41,42)27-48/h3-8,11-14,28,31-33H,9-10,15-27,43-44H2,1-2H3,(H,45,51)(H,46,52)(H,47,56)(H,54,55)/t31-,32-,33-/m1/s1. The van der Waals surface area contributed by atoms with Gasteiger partial charge in [-0.15, -0.1) is 0 Å². The minimum absolute atomic E-state index is 0.0503. The van der Waals surface area contributed by atoms with Crippen molar-refractivity contribution in [3.63, 3.8) is 0 Å². The summed E-state index contributed by atoms with van der Waals surface area (Å²) in [6.45, 7) is 4.16. The highest BCUT2D eigenvalue weighted by Gasteiger charge is 2.44. The van der Waals surface area contributed by atoms with Crippen LogP contribution in [0.5, 0.6) is 0 Å². The number of nitrogens with two attached hydrogens (primary N) is 2. The number of rotatable bonds is 20. The van der Waals surface area contributed by atoms with E-state index in [2.05, 4.69) is 16.0 Å². The number of hydrogen-bond donors (Lipinski definition) is 6. The second kappa shape index (κ2) is 20.5. The minimum Gasteiger partial charge on any atom is -0.480 e. The molecular formula is C40H58F2N8O6. The van der Waals surface area contributed by atoms with Crippen molar-refractivity contribution >= 4 is 29.7 Å². The third-order valence-electron chi connectivity index (χ3n) is 10.3. The summed E-state index contributed by atoms with van der Waals surface area (Å²) in [6, 6.07) is 14.6. The van der Waals surface area contributed by atoms with Crippen molar-refractivity contribution in [2.45, 2.75) is 94.9 Å². The SMILES string of the molecule is CC(C)C[C@@H](NC(=O)[C@@H](Cc1ccccc1)NC(=O)N(CCN1CC(F)(F)C1)Cc1ccccc1)C(=O)N[C@H](CCCCN)C(=O)N1CCC(N)(C(=O)O)CC1. The van der Waals surface area contributed by atoms with Crippen molar-refractivity contribution in [2.24, 2.45) is 17.4 Å². The molecule has 308 valence electrons. The van der Waals surface area contributed by atoms with Crippen molar-refractivity contribution in [1.29, 1.82) is 0 Å². The lowest BCUT2D eigenvalue weighted by Gasteiger charge is -2.39. The van der Waals surface area contributed by atoms with Gasteiger partial charge in [-0.3, -0.25) is 24.1 Å². The van der Waals surface area contributed by atoms with E-state index in [1.807, 2.05) is 74.5 Å². The second-order valence-electron chi connectivity index (χ2n) is 15.5. The second-order valence-corrected chi connectivity index (χ2v) is 15.5. The Balaban J connectivity index is 1.51. The summed E-state index contributed by atoms with van der Waals surface area (Å²) < 4.78 is 27.2. The number of hydrogen-bond acceptors (Lipinski definition) is 8. The monoisotopic (exact) mass is 784 g/mol. The number of halogens is 2. The van der Waals surface area contributed by atoms with Gasteiger partial charge in [0.15, 0.2) is 0 Å². The molecule has 0 aliphatic carbocycles. The topological polar surface area (TPSA) is 203 Å². The number of piperidine rings is 1. The lowest BCUT2D eigenvalue weighted by Crippen LogP contribution is -2.61. The molecule has 2 aliphatic rings. The van der Waals surface area contributed by atoms with Gasteiger partial charge in [-0.05, 0) is 62.1 Å². The lowest BCUT2D eigenvalue weighted by molar-refractivity contribution is -0.148. The Hall–Kier alpha value is -4.67. The third-order valence-corrected chi connectivity index (χ3v) is 10.3. The predicted molar refractivity (Wildman–Crippen MR) is 207 cm³/mol. The zero-order valence-electron chi connectivity index (χ0n) is 32.4. The molecule has 4 rings (SSSR count). The maximum atomic E-state index is 14.2. The van der Waals surface area contributed by atoms with Crippen molar-refractivity contribution in [3.05, 3.63) is 71.8 Å². The molecule has 0 bridgehead atoms. The number of benzene rings is 2. The highest BCUT2D eigenvalue weighted by molar-refractivity contribution is 5.94. The van der Waals surface area contributed by atoms with Crippen LogP contribution in [0.2, 0.25) is 0 Å². The summed E-state index contributed by atoms with van der Waals surface area (Å²) in [6.07, 6.45) is 1.90. The fourth-order valence-electron chi connectivity index (χ4n) is 6.94. The molecule has 2 aliphatic heterocycles. The summed E-state index contributed by atoms with van der Waals surface area (Å²) >= 11 is 0. The number of urea groups is 1. The molecule has 8 N–H and O–H groups in total. The molecule has 2 saturated heterocycles. The molecule has 0 saturated carbocycles. The summed E-state index contributed by atoms with van der Waals surface area (Å²) in [5.74, 6) is -5.49. The minimum atomic E-state index is -2.75. The fourth-order valence-corrected chi connectivity index (χ4v) is 6.94. The van der Waals surface area contributed by atoms with E-state index in [4.69, 9.17) is 11.5 Å². The van der Waals surface area contributed by atoms with Crippen molar-refractivity contribution < 1.29 is 37.9 Å². The molecule has 16 heteroatoms. The zero-order chi connectivity index (χ0) is 40.9. The predicted octanol–water partition coefficient (Wildman–Crippen LogP) is 2.31. The average molecular weight is 785 g/mol. The molecule has 5 amide bonds. The van der Waals surface area contributed by atoms with Crippen molar-refractivity contribution in [3.8, 4) is 0 Å². The number of alkyl halides is 2. The Kier molecular flexibility index (Phi) is 16.1. The van der Waals surface area contributed by atoms with E-state index in [0.29, 0.717) is 19.4 Å². The Morgan fingerprint density at radius 3 is 1.96 bits per heavy atom. The van der Waals surface area contributed by atoms with E-state index in [1.54, 1.807) is 4.90 Å². The summed E-state index contributed by atoms with van der Waals surface area (Å²) in [5, 5.41) is 18.1. The number of carboxylic acids is 1. The van der Waals surface area contributed by atoms with Gasteiger partial charge in [-0.25, -0.2) is 13.6 Å². The number of nitrogens with one attached hydrogen (secondary N) is 3. The van der Waals surface area contributed by atoms with Crippen LogP contribution in [0.15, 0.2) is 60.7 Å². The van der Waals surface area contributed by atoms with Crippen LogP contribution in [-0.4, -0.2) is 125 Å². The summed E-state index contributed by atoms with van der Waals surface area (Å²) in [5.41, 5.74) is 11.9. The first-order chi connectivity index (χ1) is 26.6. The van der Waals surface area contributed by atoms with Gasteiger partial charge in [0.05, 0.1) is 13.1 Å². The Labute approximate surface area is 327 Å². The van der Waals surface area contributed by atoms with Gasteiger partial charge in [0.1, 0.15) is 23.7 Å². The van der Waals surface area contributed by atoms with Crippen LogP contribution in [0.3, 0.4) is 0 Å². The molecule has 56 heavy (non-hydrogen) atoms. The largest absolute Gasteiger partial charge is 0.480 e. The van der Waals surface area contributed by atoms with Gasteiger partial charge >= 0.3 is 12.0 Å². The number of amides is 5. The number of carbonyl (C=O) groups is 5. The molecule has 2 aromatic carbocycles. The first-order valence-electron chi connectivity index (χ1n) is 19.4. The van der Waals surface area contributed by atoms with Gasteiger partial charge in [0.25, 0.3) is 5.92 Å². The first kappa shape index (κ1) is 44.0. The smallest absolute Gasteiger partial charge is 0.323 e. The molecule has 0 radical (unpaired) electrons. The van der Waals surface area contributed by atoms with E-state index in [1.165, 1.54) is 9.80 Å². The van der Waals surface area contributed by atoms with Crippen LogP contribution < -0.4 is 27.4 Å². The number of nitrogens with zero attached hydrogens (tertiary/aromatic N) is 3. The Morgan fingerprint density at radius 1 is 0.839 bits per heavy atom. The van der Waals surface area contributed by atoms with E-state index in [-0.39, 0.29) is 89.7 Å². The molecule has 0 spiro atoms. The molecule has 0 unspecified atom stereocenters. The van der Waals surface area contributed by atoms with Gasteiger partial charge < -0.3 is 42.3 Å². The molecule has 0 aromatic heterocycles. The average Bonchev–Trinajstić information content (AvgIpc) is 3.15. The fraction of sp³-hybridized carbons (Fsp3) is 0.575. The Bertz CT molecular complexity index is 1600. The summed E-state index contributed by atoms with van der Waals surface area (Å²) in [7, 11) is 0. The number of aliphatic carboxylic acids is 1. The number of carbonyl (C=O) groups excluding carboxylic acids is 4. The van der Waals surface area contributed by atoms with Crippen LogP contribution in [-0.2, 0) is 32.1 Å². The van der Waals surface area contributed by atoms with Crippen LogP contribution in [0.4, 0.5) is 13.6 Å². The van der Waals surface area contributed by atoms with Crippen molar-refractivity contribution in [1.82, 2.24) is 30.7 Å². The quantitative estimate of drug-likeness (QED) is 0.109. The number of carboxylic acid groups (broad SMARTS) is 1. The van der Waals surface area contributed by atoms with Crippen LogP contribution in [0.25, 0.3) is 0 Å². The van der Waals surface area contributed by atoms with Gasteiger partial charge in [0.2, 0.25) is 17.7 Å². The zero-order valence-corrected chi connectivity index (χ0v) is 32.4. The van der Waals surface area contributed by atoms with Gasteiger partial charge in [-0.2, -0.15) is 0 Å². The highest BCUT2D eigenvalue weighted by atomic mass is 19.3. The van der Waals surface area contributed by atoms with Crippen molar-refractivity contribution in [2.75, 3.05) is 45.8 Å². The highest BCUT2D eigenvalue weighted by Crippen LogP contribution is 2.26. The number of unbranched alkanes of at least 4 members (excludes halogenated alkanes) is 1. The lowest BCUT2D eigenvalue weighted by atomic mass is 9.88. The molecule has 3 atom stereocenters. The maximum absolute atomic E-state index is 14.2. The van der Waals surface area contributed by atoms with E-state index >= 15 is 0 Å². The number of likely N-dealkylation sites (tertiary alicyclic amines) is 2. The Morgan fingerprint density at radius 2 is 1.41 bits per heavy atom. The normalized spacial score (nSPS) is 17.9. The maximum Gasteiger partial charge on any atom is 0.323 e. The summed E-state index contributed by atoms with van der Waals surface area (Å²) in [4.78, 5) is 72.2. The van der Waals surface area contributed by atoms with E-state index in [9.17, 15) is 37.9 Å². The molecule has 2 aromatic rings. The third kappa shape index (κ3) is 13.2. The van der Waals surface area contributed by atoms with E-state index in [0.717, 1.165) is 11.1 Å². The van der Waals surface area contributed by atoms with Crippen LogP contribution in [0, 0.1) is 5.92 Å². The first-order valence-corrected chi connectivity index (χ1v) is 19.4. The molecule has 2 heterocycles. The molecule has 2 fully saturated rings. The van der Waals surface area contributed by atoms with Crippen LogP contribution in [0.1, 0.15) is 63.5 Å². The van der Waals surface area contributed by atoms with Crippen LogP contribution >= 0.6 is 0 Å². The van der Waals surface area contributed by atoms with Gasteiger partial charge in [0, 0.05) is 39.1 Å².